The molecule has 7 heteroatoms. The maximum absolute atomic E-state index is 11.7. The van der Waals surface area contributed by atoms with Gasteiger partial charge in [-0.3, -0.25) is 4.79 Å². The molecule has 0 fully saturated rings. The average molecular weight is 276 g/mol. The number of hydrogen-bond acceptors (Lipinski definition) is 5. The van der Waals surface area contributed by atoms with Crippen LogP contribution < -0.4 is 14.8 Å². The number of amides is 1. The predicted molar refractivity (Wildman–Crippen MR) is 72.9 cm³/mol. The molecule has 1 heterocycles. The first-order valence-electron chi connectivity index (χ1n) is 6.09. The highest BCUT2D eigenvalue weighted by Crippen LogP contribution is 2.27. The zero-order valence-electron chi connectivity index (χ0n) is 11.3. The number of ether oxygens (including phenoxy) is 2. The second kappa shape index (κ2) is 6.55. The molecule has 0 unspecified atom stereocenters. The third-order valence-corrected chi connectivity index (χ3v) is 2.77. The molecule has 7 nitrogen and oxygen atoms in total. The fourth-order valence-electron chi connectivity index (χ4n) is 1.76. The molecular formula is C13H16N4O3. The lowest BCUT2D eigenvalue weighted by Gasteiger charge is -2.09. The van der Waals surface area contributed by atoms with E-state index in [1.165, 1.54) is 6.20 Å². The number of rotatable bonds is 6. The fraction of sp³-hybridized carbons (Fsp3) is 0.308. The fourth-order valence-corrected chi connectivity index (χ4v) is 1.76. The lowest BCUT2D eigenvalue weighted by Crippen LogP contribution is -2.12. The standard InChI is InChI=1S/C13H16N4O3/c1-19-10-5-3-9(7-11(10)20-2)4-6-13(18)15-12-8-14-17-16-12/h3,5,7-8H,4,6H2,1-2H3,(H2,14,15,16,17,18). The Kier molecular flexibility index (Phi) is 4.54. The third kappa shape index (κ3) is 3.47. The minimum absolute atomic E-state index is 0.117. The molecule has 1 aromatic heterocycles. The van der Waals surface area contributed by atoms with Gasteiger partial charge >= 0.3 is 0 Å². The number of aryl methyl sites for hydroxylation is 1. The van der Waals surface area contributed by atoms with E-state index in [2.05, 4.69) is 20.7 Å². The van der Waals surface area contributed by atoms with Crippen molar-refractivity contribution in [3.05, 3.63) is 30.0 Å². The van der Waals surface area contributed by atoms with Gasteiger partial charge < -0.3 is 14.8 Å². The Bertz CT molecular complexity index is 569. The van der Waals surface area contributed by atoms with Gasteiger partial charge in [-0.05, 0) is 24.1 Å². The molecule has 2 rings (SSSR count). The van der Waals surface area contributed by atoms with Gasteiger partial charge in [-0.1, -0.05) is 6.07 Å². The number of nitrogens with zero attached hydrogens (tertiary/aromatic N) is 2. The Balaban J connectivity index is 1.92. The van der Waals surface area contributed by atoms with Crippen molar-refractivity contribution >= 4 is 11.7 Å². The van der Waals surface area contributed by atoms with Crippen LogP contribution >= 0.6 is 0 Å². The van der Waals surface area contributed by atoms with Crippen molar-refractivity contribution in [3.8, 4) is 11.5 Å². The van der Waals surface area contributed by atoms with Crippen molar-refractivity contribution in [2.45, 2.75) is 12.8 Å². The molecule has 0 radical (unpaired) electrons. The average Bonchev–Trinajstić information content (AvgIpc) is 2.97. The molecule has 1 amide bonds. The van der Waals surface area contributed by atoms with Crippen LogP contribution in [0.3, 0.4) is 0 Å². The Morgan fingerprint density at radius 2 is 2.10 bits per heavy atom. The molecule has 1 aromatic carbocycles. The number of methoxy groups -OCH3 is 2. The molecule has 106 valence electrons. The van der Waals surface area contributed by atoms with Gasteiger partial charge in [-0.15, -0.1) is 5.10 Å². The predicted octanol–water partition coefficient (Wildman–Crippen LogP) is 1.39. The molecule has 0 aliphatic heterocycles. The molecule has 2 N–H and O–H groups in total. The largest absolute Gasteiger partial charge is 0.493 e. The van der Waals surface area contributed by atoms with E-state index in [-0.39, 0.29) is 5.91 Å². The van der Waals surface area contributed by atoms with Gasteiger partial charge in [0.15, 0.2) is 17.3 Å². The number of carbonyl (C=O) groups excluding carboxylic acids is 1. The van der Waals surface area contributed by atoms with Gasteiger partial charge in [0.1, 0.15) is 0 Å². The van der Waals surface area contributed by atoms with E-state index >= 15 is 0 Å². The highest BCUT2D eigenvalue weighted by atomic mass is 16.5. The van der Waals surface area contributed by atoms with Gasteiger partial charge in [0.05, 0.1) is 20.4 Å². The number of H-pyrrole nitrogens is 1. The van der Waals surface area contributed by atoms with Crippen LogP contribution in [0.15, 0.2) is 24.4 Å². The molecular weight excluding hydrogens is 260 g/mol. The minimum Gasteiger partial charge on any atom is -0.493 e. The molecule has 0 saturated carbocycles. The Morgan fingerprint density at radius 3 is 2.75 bits per heavy atom. The monoisotopic (exact) mass is 276 g/mol. The maximum atomic E-state index is 11.7. The summed E-state index contributed by atoms with van der Waals surface area (Å²) < 4.78 is 10.4. The normalized spacial score (nSPS) is 10.1. The molecule has 20 heavy (non-hydrogen) atoms. The summed E-state index contributed by atoms with van der Waals surface area (Å²) in [6.45, 7) is 0. The highest BCUT2D eigenvalue weighted by molar-refractivity contribution is 5.89. The number of anilines is 1. The lowest BCUT2D eigenvalue weighted by atomic mass is 10.1. The molecule has 0 spiro atoms. The highest BCUT2D eigenvalue weighted by Gasteiger charge is 2.08. The summed E-state index contributed by atoms with van der Waals surface area (Å²) in [5, 5.41) is 12.4. The zero-order valence-corrected chi connectivity index (χ0v) is 11.3. The summed E-state index contributed by atoms with van der Waals surface area (Å²) in [5.74, 6) is 1.63. The number of benzene rings is 1. The first-order valence-corrected chi connectivity index (χ1v) is 6.09. The summed E-state index contributed by atoms with van der Waals surface area (Å²) in [6, 6.07) is 5.59. The number of aromatic nitrogens is 3. The van der Waals surface area contributed by atoms with Crippen molar-refractivity contribution < 1.29 is 14.3 Å². The van der Waals surface area contributed by atoms with E-state index in [1.54, 1.807) is 14.2 Å². The molecule has 0 atom stereocenters. The van der Waals surface area contributed by atoms with E-state index in [0.29, 0.717) is 30.2 Å². The van der Waals surface area contributed by atoms with Gasteiger partial charge in [0.25, 0.3) is 0 Å². The van der Waals surface area contributed by atoms with E-state index in [1.807, 2.05) is 18.2 Å². The first-order chi connectivity index (χ1) is 9.72. The Hall–Kier alpha value is -2.57. The van der Waals surface area contributed by atoms with Crippen molar-refractivity contribution in [1.82, 2.24) is 15.4 Å². The minimum atomic E-state index is -0.117. The van der Waals surface area contributed by atoms with Crippen molar-refractivity contribution in [1.29, 1.82) is 0 Å². The number of hydrogen-bond donors (Lipinski definition) is 2. The van der Waals surface area contributed by atoms with Crippen molar-refractivity contribution in [3.63, 3.8) is 0 Å². The molecule has 2 aromatic rings. The van der Waals surface area contributed by atoms with Crippen molar-refractivity contribution in [2.24, 2.45) is 0 Å². The van der Waals surface area contributed by atoms with Crippen LogP contribution in [-0.2, 0) is 11.2 Å². The molecule has 0 aliphatic carbocycles. The van der Waals surface area contributed by atoms with Crippen LogP contribution in [-0.4, -0.2) is 35.5 Å². The van der Waals surface area contributed by atoms with Gasteiger partial charge in [-0.25, -0.2) is 0 Å². The molecule has 0 bridgehead atoms. The number of carbonyl (C=O) groups is 1. The van der Waals surface area contributed by atoms with Crippen LogP contribution in [0, 0.1) is 0 Å². The van der Waals surface area contributed by atoms with E-state index in [0.717, 1.165) is 5.56 Å². The van der Waals surface area contributed by atoms with Crippen molar-refractivity contribution in [2.75, 3.05) is 19.5 Å². The van der Waals surface area contributed by atoms with Crippen LogP contribution in [0.4, 0.5) is 5.82 Å². The summed E-state index contributed by atoms with van der Waals surface area (Å²) in [4.78, 5) is 11.7. The van der Waals surface area contributed by atoms with E-state index in [4.69, 9.17) is 9.47 Å². The second-order valence-corrected chi connectivity index (χ2v) is 4.09. The number of nitrogens with one attached hydrogen (secondary N) is 2. The Labute approximate surface area is 116 Å². The summed E-state index contributed by atoms with van der Waals surface area (Å²) in [5.41, 5.74) is 0.998. The summed E-state index contributed by atoms with van der Waals surface area (Å²) >= 11 is 0. The lowest BCUT2D eigenvalue weighted by molar-refractivity contribution is -0.116. The Morgan fingerprint density at radius 1 is 1.30 bits per heavy atom. The quantitative estimate of drug-likeness (QED) is 0.832. The van der Waals surface area contributed by atoms with Crippen LogP contribution in [0.2, 0.25) is 0 Å². The SMILES string of the molecule is COc1ccc(CCC(=O)Nc2cn[nH]n2)cc1OC. The molecule has 0 saturated heterocycles. The van der Waals surface area contributed by atoms with Gasteiger partial charge in [0, 0.05) is 6.42 Å². The smallest absolute Gasteiger partial charge is 0.225 e. The van der Waals surface area contributed by atoms with Gasteiger partial charge in [-0.2, -0.15) is 10.3 Å². The first kappa shape index (κ1) is 13.9. The van der Waals surface area contributed by atoms with Crippen LogP contribution in [0.1, 0.15) is 12.0 Å². The second-order valence-electron chi connectivity index (χ2n) is 4.09. The van der Waals surface area contributed by atoms with E-state index < -0.39 is 0 Å². The molecule has 0 aliphatic rings. The number of aromatic amines is 1. The third-order valence-electron chi connectivity index (χ3n) is 2.77. The maximum Gasteiger partial charge on any atom is 0.225 e. The van der Waals surface area contributed by atoms with Crippen LogP contribution in [0.25, 0.3) is 0 Å². The zero-order chi connectivity index (χ0) is 14.4. The van der Waals surface area contributed by atoms with Crippen LogP contribution in [0.5, 0.6) is 11.5 Å². The topological polar surface area (TPSA) is 89.1 Å². The summed E-state index contributed by atoms with van der Waals surface area (Å²) in [7, 11) is 3.17. The van der Waals surface area contributed by atoms with Gasteiger partial charge in [0.2, 0.25) is 5.91 Å². The summed E-state index contributed by atoms with van der Waals surface area (Å²) in [6.07, 6.45) is 2.40. The van der Waals surface area contributed by atoms with E-state index in [9.17, 15) is 4.79 Å².